The van der Waals surface area contributed by atoms with Crippen molar-refractivity contribution in [3.05, 3.63) is 59.7 Å². The monoisotopic (exact) mass is 355 g/mol. The molecule has 0 saturated carbocycles. The molecule has 122 valence electrons. The summed E-state index contributed by atoms with van der Waals surface area (Å²) < 4.78 is 5.20. The van der Waals surface area contributed by atoms with Gasteiger partial charge in [0, 0.05) is 11.3 Å². The van der Waals surface area contributed by atoms with Crippen LogP contribution in [0.4, 0.5) is 5.69 Å². The Morgan fingerprint density at radius 3 is 2.79 bits per heavy atom. The van der Waals surface area contributed by atoms with Gasteiger partial charge in [-0.3, -0.25) is 4.79 Å². The molecule has 3 rings (SSSR count). The maximum atomic E-state index is 12.1. The van der Waals surface area contributed by atoms with Crippen LogP contribution in [-0.4, -0.2) is 21.0 Å². The van der Waals surface area contributed by atoms with E-state index in [9.17, 15) is 4.79 Å². The van der Waals surface area contributed by atoms with Crippen LogP contribution in [0, 0.1) is 13.8 Å². The summed E-state index contributed by atoms with van der Waals surface area (Å²) in [6, 6.07) is 15.8. The van der Waals surface area contributed by atoms with Gasteiger partial charge in [0.25, 0.3) is 0 Å². The molecule has 0 atom stereocenters. The van der Waals surface area contributed by atoms with E-state index in [1.54, 1.807) is 0 Å². The maximum Gasteiger partial charge on any atom is 0.234 e. The molecule has 0 aliphatic carbocycles. The largest absolute Gasteiger partial charge is 0.325 e. The Kier molecular flexibility index (Phi) is 5.27. The first-order valence-electron chi connectivity index (χ1n) is 7.51. The number of carbonyl (C=O) groups excluding carboxylic acids is 1. The van der Waals surface area contributed by atoms with Gasteiger partial charge in [0.1, 0.15) is 0 Å². The minimum atomic E-state index is -0.0433. The molecule has 1 amide bonds. The third-order valence-corrected chi connectivity index (χ3v) is 5.26. The minimum absolute atomic E-state index is 0.0433. The fourth-order valence-corrected chi connectivity index (χ4v) is 3.66. The smallest absolute Gasteiger partial charge is 0.234 e. The van der Waals surface area contributed by atoms with Gasteiger partial charge in [0.15, 0.2) is 10.2 Å². The van der Waals surface area contributed by atoms with Crippen LogP contribution in [0.3, 0.4) is 0 Å². The molecule has 0 spiro atoms. The highest BCUT2D eigenvalue weighted by molar-refractivity contribution is 8.01. The lowest BCUT2D eigenvalue weighted by Gasteiger charge is -2.04. The van der Waals surface area contributed by atoms with Crippen molar-refractivity contribution in [2.24, 2.45) is 0 Å². The second-order valence-corrected chi connectivity index (χ2v) is 7.38. The normalized spacial score (nSPS) is 10.6. The predicted octanol–water partition coefficient (Wildman–Crippen LogP) is 4.55. The summed E-state index contributed by atoms with van der Waals surface area (Å²) in [6.07, 6.45) is 0. The number of benzene rings is 2. The standard InChI is InChI=1S/C18H17N3OS2/c1-12-6-5-8-14(10-12)19-16(22)11-23-18-20-17(21-24-18)15-9-4-3-7-13(15)2/h3-10H,11H2,1-2H3,(H,19,22). The van der Waals surface area contributed by atoms with Gasteiger partial charge in [-0.2, -0.15) is 4.37 Å². The summed E-state index contributed by atoms with van der Waals surface area (Å²) in [7, 11) is 0. The molecule has 3 aromatic rings. The summed E-state index contributed by atoms with van der Waals surface area (Å²) in [5, 5.41) is 2.90. The van der Waals surface area contributed by atoms with Crippen molar-refractivity contribution in [2.75, 3.05) is 11.1 Å². The highest BCUT2D eigenvalue weighted by Crippen LogP contribution is 2.27. The SMILES string of the molecule is Cc1cccc(NC(=O)CSc2nc(-c3ccccc3C)ns2)c1. The lowest BCUT2D eigenvalue weighted by molar-refractivity contribution is -0.113. The fourth-order valence-electron chi connectivity index (χ4n) is 2.25. The van der Waals surface area contributed by atoms with E-state index < -0.39 is 0 Å². The van der Waals surface area contributed by atoms with Crippen LogP contribution in [0.15, 0.2) is 52.9 Å². The van der Waals surface area contributed by atoms with Crippen LogP contribution in [0.2, 0.25) is 0 Å². The zero-order valence-corrected chi connectivity index (χ0v) is 15.1. The Morgan fingerprint density at radius 1 is 1.17 bits per heavy atom. The molecular weight excluding hydrogens is 338 g/mol. The van der Waals surface area contributed by atoms with Crippen molar-refractivity contribution in [3.8, 4) is 11.4 Å². The first-order chi connectivity index (χ1) is 11.6. The van der Waals surface area contributed by atoms with E-state index in [2.05, 4.69) is 14.7 Å². The van der Waals surface area contributed by atoms with Crippen LogP contribution in [0.5, 0.6) is 0 Å². The average molecular weight is 355 g/mol. The molecule has 1 N–H and O–H groups in total. The molecule has 0 saturated heterocycles. The number of carbonyl (C=O) groups is 1. The van der Waals surface area contributed by atoms with E-state index in [0.29, 0.717) is 5.75 Å². The number of hydrogen-bond donors (Lipinski definition) is 1. The van der Waals surface area contributed by atoms with Crippen LogP contribution in [0.25, 0.3) is 11.4 Å². The van der Waals surface area contributed by atoms with E-state index in [-0.39, 0.29) is 5.91 Å². The molecular formula is C18H17N3OS2. The van der Waals surface area contributed by atoms with Crippen molar-refractivity contribution in [1.82, 2.24) is 9.36 Å². The number of thioether (sulfide) groups is 1. The number of rotatable bonds is 5. The van der Waals surface area contributed by atoms with Gasteiger partial charge >= 0.3 is 0 Å². The lowest BCUT2D eigenvalue weighted by atomic mass is 10.1. The molecule has 0 aliphatic heterocycles. The number of anilines is 1. The van der Waals surface area contributed by atoms with Gasteiger partial charge in [-0.1, -0.05) is 48.2 Å². The number of aryl methyl sites for hydroxylation is 2. The van der Waals surface area contributed by atoms with Crippen molar-refractivity contribution in [1.29, 1.82) is 0 Å². The minimum Gasteiger partial charge on any atom is -0.325 e. The molecule has 0 fully saturated rings. The second-order valence-electron chi connectivity index (χ2n) is 5.41. The molecule has 2 aromatic carbocycles. The fraction of sp³-hybridized carbons (Fsp3) is 0.167. The number of nitrogens with zero attached hydrogens (tertiary/aromatic N) is 2. The summed E-state index contributed by atoms with van der Waals surface area (Å²) in [5.74, 6) is 0.994. The second kappa shape index (κ2) is 7.59. The molecule has 6 heteroatoms. The maximum absolute atomic E-state index is 12.1. The Balaban J connectivity index is 1.59. The Morgan fingerprint density at radius 2 is 2.00 bits per heavy atom. The van der Waals surface area contributed by atoms with Gasteiger partial charge in [0.05, 0.1) is 5.75 Å². The van der Waals surface area contributed by atoms with Gasteiger partial charge in [-0.15, -0.1) is 0 Å². The van der Waals surface area contributed by atoms with E-state index in [1.807, 2.05) is 62.4 Å². The topological polar surface area (TPSA) is 54.9 Å². The molecule has 1 aromatic heterocycles. The quantitative estimate of drug-likeness (QED) is 0.682. The zero-order chi connectivity index (χ0) is 16.9. The number of nitrogens with one attached hydrogen (secondary N) is 1. The molecule has 1 heterocycles. The van der Waals surface area contributed by atoms with Crippen LogP contribution < -0.4 is 5.32 Å². The predicted molar refractivity (Wildman–Crippen MR) is 101 cm³/mol. The van der Waals surface area contributed by atoms with Crippen molar-refractivity contribution in [2.45, 2.75) is 18.2 Å². The first kappa shape index (κ1) is 16.7. The summed E-state index contributed by atoms with van der Waals surface area (Å²) >= 11 is 2.73. The van der Waals surface area contributed by atoms with Gasteiger partial charge < -0.3 is 5.32 Å². The van der Waals surface area contributed by atoms with Gasteiger partial charge in [0.2, 0.25) is 5.91 Å². The highest BCUT2D eigenvalue weighted by atomic mass is 32.2. The Hall–Kier alpha value is -2.18. The molecule has 0 radical (unpaired) electrons. The van der Waals surface area contributed by atoms with E-state index >= 15 is 0 Å². The van der Waals surface area contributed by atoms with Crippen LogP contribution in [-0.2, 0) is 4.79 Å². The lowest BCUT2D eigenvalue weighted by Crippen LogP contribution is -2.13. The third-order valence-electron chi connectivity index (χ3n) is 3.42. The van der Waals surface area contributed by atoms with E-state index in [0.717, 1.165) is 32.5 Å². The summed E-state index contributed by atoms with van der Waals surface area (Å²) in [5.41, 5.74) is 4.11. The molecule has 4 nitrogen and oxygen atoms in total. The first-order valence-corrected chi connectivity index (χ1v) is 9.27. The molecule has 0 unspecified atom stereocenters. The van der Waals surface area contributed by atoms with Gasteiger partial charge in [-0.25, -0.2) is 4.98 Å². The number of aromatic nitrogens is 2. The van der Waals surface area contributed by atoms with E-state index in [4.69, 9.17) is 0 Å². The average Bonchev–Trinajstić information content (AvgIpc) is 3.02. The van der Waals surface area contributed by atoms with Crippen LogP contribution >= 0.6 is 23.3 Å². The molecule has 0 bridgehead atoms. The van der Waals surface area contributed by atoms with E-state index in [1.165, 1.54) is 23.3 Å². The van der Waals surface area contributed by atoms with Crippen LogP contribution in [0.1, 0.15) is 11.1 Å². The molecule has 24 heavy (non-hydrogen) atoms. The summed E-state index contributed by atoms with van der Waals surface area (Å²) in [6.45, 7) is 4.04. The molecule has 0 aliphatic rings. The van der Waals surface area contributed by atoms with Crippen molar-refractivity contribution < 1.29 is 4.79 Å². The number of hydrogen-bond acceptors (Lipinski definition) is 5. The Bertz CT molecular complexity index is 861. The summed E-state index contributed by atoms with van der Waals surface area (Å²) in [4.78, 5) is 16.6. The van der Waals surface area contributed by atoms with Crippen molar-refractivity contribution in [3.63, 3.8) is 0 Å². The van der Waals surface area contributed by atoms with Crippen molar-refractivity contribution >= 4 is 34.9 Å². The van der Waals surface area contributed by atoms with Gasteiger partial charge in [-0.05, 0) is 48.6 Å². The Labute approximate surface area is 149 Å². The zero-order valence-electron chi connectivity index (χ0n) is 13.4. The highest BCUT2D eigenvalue weighted by Gasteiger charge is 2.11. The third kappa shape index (κ3) is 4.21. The number of amides is 1.